The fraction of sp³-hybridized carbons (Fsp3) is 0.444. The van der Waals surface area contributed by atoms with Crippen LogP contribution in [0, 0.1) is 6.92 Å². The van der Waals surface area contributed by atoms with Crippen LogP contribution in [0.3, 0.4) is 0 Å². The number of aryl methyl sites for hydroxylation is 1. The van der Waals surface area contributed by atoms with Crippen molar-refractivity contribution >= 4 is 13.3 Å². The van der Waals surface area contributed by atoms with Crippen molar-refractivity contribution in [3.8, 4) is 0 Å². The second-order valence-corrected chi connectivity index (χ2v) is 9.08. The third-order valence-corrected chi connectivity index (χ3v) is 3.75. The van der Waals surface area contributed by atoms with E-state index in [0.29, 0.717) is 0 Å². The van der Waals surface area contributed by atoms with E-state index in [0.717, 1.165) is 0 Å². The maximum absolute atomic E-state index is 4.19. The summed E-state index contributed by atoms with van der Waals surface area (Å²) in [7, 11) is -1.13. The topological polar surface area (TPSA) is 12.9 Å². The van der Waals surface area contributed by atoms with Crippen molar-refractivity contribution in [1.82, 2.24) is 4.98 Å². The van der Waals surface area contributed by atoms with Crippen LogP contribution in [0.4, 0.5) is 0 Å². The average Bonchev–Trinajstić information content (AvgIpc) is 1.86. The number of hydrogen-bond acceptors (Lipinski definition) is 1. The summed E-state index contributed by atoms with van der Waals surface area (Å²) >= 11 is 0. The summed E-state index contributed by atoms with van der Waals surface area (Å²) < 4.78 is 0. The standard InChI is InChI=1S/C9H15NSi/c1-8-5-9(7-10-6-8)11(2,3)4/h5-7H,1-4H3. The van der Waals surface area contributed by atoms with E-state index >= 15 is 0 Å². The predicted octanol–water partition coefficient (Wildman–Crippen LogP) is 1.94. The quantitative estimate of drug-likeness (QED) is 0.579. The first kappa shape index (κ1) is 8.46. The van der Waals surface area contributed by atoms with Crippen molar-refractivity contribution in [1.29, 1.82) is 0 Å². The summed E-state index contributed by atoms with van der Waals surface area (Å²) in [4.78, 5) is 4.19. The van der Waals surface area contributed by atoms with Gasteiger partial charge in [0.05, 0.1) is 8.07 Å². The molecule has 0 unspecified atom stereocenters. The summed E-state index contributed by atoms with van der Waals surface area (Å²) in [6.45, 7) is 9.10. The predicted molar refractivity (Wildman–Crippen MR) is 52.0 cm³/mol. The van der Waals surface area contributed by atoms with Crippen molar-refractivity contribution in [3.05, 3.63) is 24.0 Å². The molecule has 0 N–H and O–H groups in total. The van der Waals surface area contributed by atoms with Gasteiger partial charge in [0.25, 0.3) is 0 Å². The molecule has 1 aromatic heterocycles. The highest BCUT2D eigenvalue weighted by molar-refractivity contribution is 6.88. The first-order chi connectivity index (χ1) is 5.00. The van der Waals surface area contributed by atoms with E-state index in [9.17, 15) is 0 Å². The Morgan fingerprint density at radius 1 is 1.18 bits per heavy atom. The summed E-state index contributed by atoms with van der Waals surface area (Å²) in [5.74, 6) is 0. The highest BCUT2D eigenvalue weighted by Gasteiger charge is 2.15. The minimum Gasteiger partial charge on any atom is -0.265 e. The van der Waals surface area contributed by atoms with Crippen molar-refractivity contribution in [2.45, 2.75) is 26.6 Å². The maximum Gasteiger partial charge on any atom is 0.0796 e. The largest absolute Gasteiger partial charge is 0.265 e. The van der Waals surface area contributed by atoms with Gasteiger partial charge in [0.1, 0.15) is 0 Å². The third-order valence-electron chi connectivity index (χ3n) is 1.74. The van der Waals surface area contributed by atoms with Crippen LogP contribution >= 0.6 is 0 Å². The lowest BCUT2D eigenvalue weighted by molar-refractivity contribution is 1.28. The molecule has 0 bridgehead atoms. The van der Waals surface area contributed by atoms with E-state index in [2.05, 4.69) is 37.6 Å². The molecular weight excluding hydrogens is 150 g/mol. The van der Waals surface area contributed by atoms with Crippen LogP contribution in [0.15, 0.2) is 18.5 Å². The van der Waals surface area contributed by atoms with E-state index in [1.807, 2.05) is 12.4 Å². The molecule has 0 saturated heterocycles. The van der Waals surface area contributed by atoms with Crippen molar-refractivity contribution in [2.75, 3.05) is 0 Å². The molecular formula is C9H15NSi. The van der Waals surface area contributed by atoms with E-state index in [-0.39, 0.29) is 0 Å². The normalized spacial score (nSPS) is 11.6. The van der Waals surface area contributed by atoms with Crippen LogP contribution in [0.2, 0.25) is 19.6 Å². The second-order valence-electron chi connectivity index (χ2n) is 4.00. The maximum atomic E-state index is 4.19. The van der Waals surface area contributed by atoms with Gasteiger partial charge in [0.15, 0.2) is 0 Å². The number of aromatic nitrogens is 1. The van der Waals surface area contributed by atoms with Gasteiger partial charge in [-0.3, -0.25) is 4.98 Å². The van der Waals surface area contributed by atoms with Gasteiger partial charge < -0.3 is 0 Å². The SMILES string of the molecule is Cc1cncc([Si](C)(C)C)c1. The Morgan fingerprint density at radius 3 is 2.18 bits per heavy atom. The molecule has 0 aromatic carbocycles. The molecule has 1 rings (SSSR count). The molecule has 1 nitrogen and oxygen atoms in total. The van der Waals surface area contributed by atoms with Crippen molar-refractivity contribution in [3.63, 3.8) is 0 Å². The molecule has 1 aromatic rings. The summed E-state index contributed by atoms with van der Waals surface area (Å²) in [5.41, 5.74) is 1.27. The molecule has 2 heteroatoms. The first-order valence-electron chi connectivity index (χ1n) is 3.92. The zero-order chi connectivity index (χ0) is 8.48. The van der Waals surface area contributed by atoms with Gasteiger partial charge in [-0.15, -0.1) is 0 Å². The monoisotopic (exact) mass is 165 g/mol. The average molecular weight is 165 g/mol. The highest BCUT2D eigenvalue weighted by atomic mass is 28.3. The summed E-state index contributed by atoms with van der Waals surface area (Å²) in [6, 6.07) is 2.25. The molecule has 60 valence electrons. The van der Waals surface area contributed by atoms with E-state index in [4.69, 9.17) is 0 Å². The van der Waals surface area contributed by atoms with Crippen LogP contribution in [0.25, 0.3) is 0 Å². The number of rotatable bonds is 1. The Labute approximate surface area is 69.5 Å². The lowest BCUT2D eigenvalue weighted by Gasteiger charge is -2.15. The van der Waals surface area contributed by atoms with Crippen LogP contribution in [-0.2, 0) is 0 Å². The first-order valence-corrected chi connectivity index (χ1v) is 7.42. The van der Waals surface area contributed by atoms with Gasteiger partial charge in [-0.1, -0.05) is 25.7 Å². The van der Waals surface area contributed by atoms with E-state index in [1.165, 1.54) is 10.8 Å². The number of pyridine rings is 1. The number of hydrogen-bond donors (Lipinski definition) is 0. The van der Waals surface area contributed by atoms with Gasteiger partial charge in [0, 0.05) is 12.4 Å². The molecule has 0 saturated carbocycles. The zero-order valence-electron chi connectivity index (χ0n) is 7.68. The van der Waals surface area contributed by atoms with Gasteiger partial charge in [-0.25, -0.2) is 0 Å². The highest BCUT2D eigenvalue weighted by Crippen LogP contribution is 2.01. The Balaban J connectivity index is 3.06. The molecule has 0 aliphatic rings. The van der Waals surface area contributed by atoms with Crippen LogP contribution in [0.1, 0.15) is 5.56 Å². The van der Waals surface area contributed by atoms with Gasteiger partial charge in [-0.2, -0.15) is 0 Å². The van der Waals surface area contributed by atoms with E-state index < -0.39 is 8.07 Å². The summed E-state index contributed by atoms with van der Waals surface area (Å²) in [6.07, 6.45) is 3.91. The van der Waals surface area contributed by atoms with Crippen molar-refractivity contribution in [2.24, 2.45) is 0 Å². The number of nitrogens with zero attached hydrogens (tertiary/aromatic N) is 1. The molecule has 0 aliphatic heterocycles. The molecule has 11 heavy (non-hydrogen) atoms. The van der Waals surface area contributed by atoms with Gasteiger partial charge in [0.2, 0.25) is 0 Å². The smallest absolute Gasteiger partial charge is 0.0796 e. The van der Waals surface area contributed by atoms with Crippen molar-refractivity contribution < 1.29 is 0 Å². The second kappa shape index (κ2) is 2.78. The fourth-order valence-electron chi connectivity index (χ4n) is 0.965. The Kier molecular flexibility index (Phi) is 2.14. The Morgan fingerprint density at radius 2 is 1.82 bits per heavy atom. The lowest BCUT2D eigenvalue weighted by atomic mass is 10.3. The lowest BCUT2D eigenvalue weighted by Crippen LogP contribution is -2.37. The van der Waals surface area contributed by atoms with Crippen LogP contribution in [-0.4, -0.2) is 13.1 Å². The minimum atomic E-state index is -1.13. The van der Waals surface area contributed by atoms with E-state index in [1.54, 1.807) is 0 Å². The third kappa shape index (κ3) is 2.15. The molecule has 0 radical (unpaired) electrons. The van der Waals surface area contributed by atoms with Crippen LogP contribution < -0.4 is 5.19 Å². The molecule has 0 amide bonds. The summed E-state index contributed by atoms with van der Waals surface area (Å²) in [5, 5.41) is 1.44. The van der Waals surface area contributed by atoms with Gasteiger partial charge >= 0.3 is 0 Å². The molecule has 0 aliphatic carbocycles. The molecule has 0 fully saturated rings. The molecule has 0 atom stereocenters. The Bertz CT molecular complexity index is 250. The fourth-order valence-corrected chi connectivity index (χ4v) is 2.09. The molecule has 1 heterocycles. The Hall–Kier alpha value is -0.633. The zero-order valence-corrected chi connectivity index (χ0v) is 8.68. The minimum absolute atomic E-state index is 1.13. The van der Waals surface area contributed by atoms with Gasteiger partial charge in [-0.05, 0) is 17.7 Å². The van der Waals surface area contributed by atoms with Crippen LogP contribution in [0.5, 0.6) is 0 Å². The molecule has 0 spiro atoms.